The Kier molecular flexibility index (Phi) is 11.4. The Morgan fingerprint density at radius 3 is 2.02 bits per heavy atom. The molecule has 10 heteroatoms. The SMILES string of the molecule is CCOc1ccc(S(=O)(=O)N(CC(=O)N(Cc2ccc(OC)cc2)[C@@H](C)C(=O)N[C@@H](C)CC)c2ccc(C)cc2)cc1. The van der Waals surface area contributed by atoms with E-state index in [1.807, 2.05) is 39.8 Å². The van der Waals surface area contributed by atoms with Gasteiger partial charge in [-0.25, -0.2) is 8.42 Å². The van der Waals surface area contributed by atoms with Gasteiger partial charge in [-0.3, -0.25) is 13.9 Å². The third kappa shape index (κ3) is 8.25. The topological polar surface area (TPSA) is 105 Å². The number of carbonyl (C=O) groups is 2. The van der Waals surface area contributed by atoms with Gasteiger partial charge < -0.3 is 19.7 Å². The second kappa shape index (κ2) is 14.7. The van der Waals surface area contributed by atoms with Crippen LogP contribution in [0.2, 0.25) is 0 Å². The molecule has 0 saturated carbocycles. The fourth-order valence-electron chi connectivity index (χ4n) is 4.22. The Bertz CT molecular complexity index is 1420. The predicted molar refractivity (Wildman–Crippen MR) is 164 cm³/mol. The van der Waals surface area contributed by atoms with Crippen LogP contribution < -0.4 is 19.1 Å². The fourth-order valence-corrected chi connectivity index (χ4v) is 5.63. The number of methoxy groups -OCH3 is 1. The van der Waals surface area contributed by atoms with E-state index in [2.05, 4.69) is 5.32 Å². The standard InChI is InChI=1S/C32H41N3O6S/c1-7-24(4)33-32(37)25(5)34(21-26-11-15-28(40-6)16-12-26)31(36)22-35(27-13-9-23(3)10-14-27)42(38,39)30-19-17-29(18-20-30)41-8-2/h9-20,24-25H,7-8,21-22H2,1-6H3,(H,33,37)/t24-,25-/m0/s1. The summed E-state index contributed by atoms with van der Waals surface area (Å²) in [6.07, 6.45) is 0.729. The minimum atomic E-state index is -4.16. The molecule has 9 nitrogen and oxygen atoms in total. The third-order valence-corrected chi connectivity index (χ3v) is 8.79. The summed E-state index contributed by atoms with van der Waals surface area (Å²) in [4.78, 5) is 28.6. The van der Waals surface area contributed by atoms with E-state index in [0.717, 1.165) is 21.9 Å². The first-order valence-corrected chi connectivity index (χ1v) is 15.5. The molecule has 0 bridgehead atoms. The van der Waals surface area contributed by atoms with Crippen LogP contribution in [0.1, 0.15) is 45.2 Å². The summed E-state index contributed by atoms with van der Waals surface area (Å²) in [5.41, 5.74) is 2.05. The molecular formula is C32H41N3O6S. The zero-order valence-corrected chi connectivity index (χ0v) is 26.0. The van der Waals surface area contributed by atoms with E-state index >= 15 is 0 Å². The Morgan fingerprint density at radius 2 is 1.48 bits per heavy atom. The van der Waals surface area contributed by atoms with Gasteiger partial charge in [0.1, 0.15) is 24.1 Å². The maximum Gasteiger partial charge on any atom is 0.264 e. The number of hydrogen-bond donors (Lipinski definition) is 1. The quantitative estimate of drug-likeness (QED) is 0.283. The van der Waals surface area contributed by atoms with Crippen LogP contribution >= 0.6 is 0 Å². The van der Waals surface area contributed by atoms with Crippen molar-refractivity contribution in [3.8, 4) is 11.5 Å². The number of rotatable bonds is 14. The van der Waals surface area contributed by atoms with Crippen LogP contribution in [0, 0.1) is 6.92 Å². The highest BCUT2D eigenvalue weighted by Crippen LogP contribution is 2.26. The summed E-state index contributed by atoms with van der Waals surface area (Å²) in [6.45, 7) is 9.28. The molecule has 0 heterocycles. The van der Waals surface area contributed by atoms with Gasteiger partial charge in [0.2, 0.25) is 11.8 Å². The van der Waals surface area contributed by atoms with Crippen molar-refractivity contribution in [1.29, 1.82) is 0 Å². The number of carbonyl (C=O) groups excluding carboxylic acids is 2. The Hall–Kier alpha value is -4.05. The van der Waals surface area contributed by atoms with Gasteiger partial charge >= 0.3 is 0 Å². The highest BCUT2D eigenvalue weighted by molar-refractivity contribution is 7.92. The molecule has 2 amide bonds. The smallest absolute Gasteiger partial charge is 0.264 e. The molecule has 0 radical (unpaired) electrons. The van der Waals surface area contributed by atoms with Crippen molar-refractivity contribution in [2.75, 3.05) is 24.6 Å². The van der Waals surface area contributed by atoms with Gasteiger partial charge in [-0.2, -0.15) is 0 Å². The van der Waals surface area contributed by atoms with Crippen molar-refractivity contribution in [3.05, 3.63) is 83.9 Å². The summed E-state index contributed by atoms with van der Waals surface area (Å²) in [6, 6.07) is 19.2. The Morgan fingerprint density at radius 1 is 0.881 bits per heavy atom. The number of nitrogens with zero attached hydrogens (tertiary/aromatic N) is 2. The molecule has 0 aliphatic carbocycles. The number of amides is 2. The molecule has 42 heavy (non-hydrogen) atoms. The maximum absolute atomic E-state index is 14.0. The van der Waals surface area contributed by atoms with Crippen LogP contribution in [-0.4, -0.2) is 57.5 Å². The lowest BCUT2D eigenvalue weighted by Crippen LogP contribution is -2.52. The number of hydrogen-bond acceptors (Lipinski definition) is 6. The molecule has 0 fully saturated rings. The molecule has 0 aliphatic rings. The van der Waals surface area contributed by atoms with Gasteiger partial charge in [0.05, 0.1) is 24.3 Å². The highest BCUT2D eigenvalue weighted by atomic mass is 32.2. The molecule has 0 spiro atoms. The molecule has 0 unspecified atom stereocenters. The van der Waals surface area contributed by atoms with E-state index in [0.29, 0.717) is 23.8 Å². The van der Waals surface area contributed by atoms with Crippen molar-refractivity contribution >= 4 is 27.5 Å². The first-order chi connectivity index (χ1) is 20.0. The lowest BCUT2D eigenvalue weighted by molar-refractivity contribution is -0.139. The fraction of sp³-hybridized carbons (Fsp3) is 0.375. The minimum absolute atomic E-state index is 0.0172. The molecule has 0 aliphatic heterocycles. The van der Waals surface area contributed by atoms with E-state index < -0.39 is 28.5 Å². The third-order valence-electron chi connectivity index (χ3n) is 7.00. The molecule has 3 rings (SSSR count). The highest BCUT2D eigenvalue weighted by Gasteiger charge is 2.32. The van der Waals surface area contributed by atoms with E-state index in [9.17, 15) is 18.0 Å². The number of nitrogens with one attached hydrogen (secondary N) is 1. The van der Waals surface area contributed by atoms with E-state index in [4.69, 9.17) is 9.47 Å². The van der Waals surface area contributed by atoms with Crippen LogP contribution in [0.15, 0.2) is 77.7 Å². The first-order valence-electron chi connectivity index (χ1n) is 14.0. The average Bonchev–Trinajstić information content (AvgIpc) is 2.99. The first kappa shape index (κ1) is 32.5. The van der Waals surface area contributed by atoms with Crippen LogP contribution in [0.4, 0.5) is 5.69 Å². The summed E-state index contributed by atoms with van der Waals surface area (Å²) in [5.74, 6) is 0.364. The summed E-state index contributed by atoms with van der Waals surface area (Å²) in [7, 11) is -2.60. The van der Waals surface area contributed by atoms with Crippen LogP contribution in [0.25, 0.3) is 0 Å². The van der Waals surface area contributed by atoms with Crippen molar-refractivity contribution in [2.45, 2.75) is 64.6 Å². The van der Waals surface area contributed by atoms with Crippen LogP contribution in [-0.2, 0) is 26.2 Å². The summed E-state index contributed by atoms with van der Waals surface area (Å²) < 4.78 is 39.8. The lowest BCUT2D eigenvalue weighted by Gasteiger charge is -2.32. The number of sulfonamides is 1. The number of benzene rings is 3. The zero-order chi connectivity index (χ0) is 30.9. The second-order valence-electron chi connectivity index (χ2n) is 10.1. The van der Waals surface area contributed by atoms with Gasteiger partial charge in [-0.15, -0.1) is 0 Å². The number of aryl methyl sites for hydroxylation is 1. The number of ether oxygens (including phenoxy) is 2. The van der Waals surface area contributed by atoms with E-state index in [1.165, 1.54) is 17.0 Å². The molecule has 226 valence electrons. The zero-order valence-electron chi connectivity index (χ0n) is 25.2. The van der Waals surface area contributed by atoms with E-state index in [1.54, 1.807) is 62.6 Å². The summed E-state index contributed by atoms with van der Waals surface area (Å²) >= 11 is 0. The van der Waals surface area contributed by atoms with Crippen molar-refractivity contribution < 1.29 is 27.5 Å². The van der Waals surface area contributed by atoms with Gasteiger partial charge in [0.25, 0.3) is 10.0 Å². The van der Waals surface area contributed by atoms with Crippen molar-refractivity contribution in [3.63, 3.8) is 0 Å². The van der Waals surface area contributed by atoms with E-state index in [-0.39, 0.29) is 23.4 Å². The molecule has 0 saturated heterocycles. The van der Waals surface area contributed by atoms with Crippen molar-refractivity contribution in [1.82, 2.24) is 10.2 Å². The van der Waals surface area contributed by atoms with Gasteiger partial charge in [0, 0.05) is 12.6 Å². The van der Waals surface area contributed by atoms with Crippen molar-refractivity contribution in [2.24, 2.45) is 0 Å². The molecule has 3 aromatic carbocycles. The molecule has 0 aromatic heterocycles. The minimum Gasteiger partial charge on any atom is -0.497 e. The molecule has 1 N–H and O–H groups in total. The predicted octanol–water partition coefficient (Wildman–Crippen LogP) is 4.93. The Labute approximate surface area is 249 Å². The lowest BCUT2D eigenvalue weighted by atomic mass is 10.1. The van der Waals surface area contributed by atoms with Gasteiger partial charge in [-0.1, -0.05) is 36.8 Å². The van der Waals surface area contributed by atoms with Gasteiger partial charge in [0.15, 0.2) is 0 Å². The summed E-state index contributed by atoms with van der Waals surface area (Å²) in [5, 5.41) is 2.94. The van der Waals surface area contributed by atoms with Crippen LogP contribution in [0.3, 0.4) is 0 Å². The van der Waals surface area contributed by atoms with Crippen LogP contribution in [0.5, 0.6) is 11.5 Å². The molecular weight excluding hydrogens is 554 g/mol. The largest absolute Gasteiger partial charge is 0.497 e. The Balaban J connectivity index is 2.01. The van der Waals surface area contributed by atoms with Gasteiger partial charge in [-0.05, 0) is 88.2 Å². The average molecular weight is 596 g/mol. The maximum atomic E-state index is 14.0. The monoisotopic (exact) mass is 595 g/mol. The normalized spacial score (nSPS) is 12.6. The number of anilines is 1. The molecule has 2 atom stereocenters. The molecule has 3 aromatic rings. The second-order valence-corrected chi connectivity index (χ2v) is 12.0.